The van der Waals surface area contributed by atoms with Gasteiger partial charge in [0.2, 0.25) is 5.91 Å². The summed E-state index contributed by atoms with van der Waals surface area (Å²) in [5.41, 5.74) is 5.09. The molecular weight excluding hydrogens is 374 g/mol. The zero-order chi connectivity index (χ0) is 21.1. The molecule has 1 N–H and O–H groups in total. The molecule has 3 aromatic rings. The zero-order valence-electron chi connectivity index (χ0n) is 17.5. The molecule has 5 heteroatoms. The molecule has 0 aliphatic carbocycles. The topological polar surface area (TPSA) is 54.3 Å². The number of carbonyl (C=O) groups excluding carboxylic acids is 2. The quantitative estimate of drug-likeness (QED) is 0.645. The second kappa shape index (κ2) is 8.67. The van der Waals surface area contributed by atoms with Crippen molar-refractivity contribution in [3.05, 3.63) is 94.8 Å². The van der Waals surface area contributed by atoms with E-state index in [1.165, 1.54) is 11.1 Å². The van der Waals surface area contributed by atoms with Gasteiger partial charge in [0.25, 0.3) is 0 Å². The fraction of sp³-hybridized carbons (Fsp3) is 0.280. The van der Waals surface area contributed by atoms with Crippen molar-refractivity contribution in [2.75, 3.05) is 26.2 Å². The van der Waals surface area contributed by atoms with Gasteiger partial charge in [0.1, 0.15) is 0 Å². The molecule has 4 rings (SSSR count). The van der Waals surface area contributed by atoms with Gasteiger partial charge in [-0.05, 0) is 31.0 Å². The summed E-state index contributed by atoms with van der Waals surface area (Å²) in [6, 6.07) is 22.7. The number of benzene rings is 2. The van der Waals surface area contributed by atoms with E-state index in [-0.39, 0.29) is 30.8 Å². The van der Waals surface area contributed by atoms with Gasteiger partial charge in [-0.3, -0.25) is 14.5 Å². The number of nitrogens with zero attached hydrogens (tertiary/aromatic N) is 2. The van der Waals surface area contributed by atoms with Gasteiger partial charge in [0, 0.05) is 30.0 Å². The average Bonchev–Trinajstić information content (AvgIpc) is 3.05. The third-order valence-corrected chi connectivity index (χ3v) is 5.76. The van der Waals surface area contributed by atoms with Gasteiger partial charge in [0.15, 0.2) is 5.78 Å². The van der Waals surface area contributed by atoms with Crippen molar-refractivity contribution in [1.82, 2.24) is 14.8 Å². The molecule has 1 aliphatic rings. The predicted molar refractivity (Wildman–Crippen MR) is 118 cm³/mol. The molecule has 0 unspecified atom stereocenters. The van der Waals surface area contributed by atoms with E-state index >= 15 is 0 Å². The van der Waals surface area contributed by atoms with Crippen molar-refractivity contribution in [3.63, 3.8) is 0 Å². The number of hydrogen-bond donors (Lipinski definition) is 1. The van der Waals surface area contributed by atoms with E-state index in [1.54, 1.807) is 0 Å². The highest BCUT2D eigenvalue weighted by Gasteiger charge is 2.25. The molecule has 30 heavy (non-hydrogen) atoms. The Bertz CT molecular complexity index is 1000. The zero-order valence-corrected chi connectivity index (χ0v) is 17.5. The maximum absolute atomic E-state index is 13.1. The second-order valence-corrected chi connectivity index (χ2v) is 7.86. The van der Waals surface area contributed by atoms with Crippen molar-refractivity contribution >= 4 is 11.7 Å². The van der Waals surface area contributed by atoms with Crippen LogP contribution in [0.4, 0.5) is 0 Å². The third-order valence-electron chi connectivity index (χ3n) is 5.76. The SMILES string of the molecule is Cc1cc(C(=O)CN2CCNC(=O)C2)c(C)n1C(c1ccccc1)c1ccccc1. The van der Waals surface area contributed by atoms with Gasteiger partial charge in [-0.1, -0.05) is 60.7 Å². The maximum Gasteiger partial charge on any atom is 0.234 e. The lowest BCUT2D eigenvalue weighted by Gasteiger charge is -2.26. The lowest BCUT2D eigenvalue weighted by molar-refractivity contribution is -0.123. The van der Waals surface area contributed by atoms with Crippen molar-refractivity contribution in [2.24, 2.45) is 0 Å². The summed E-state index contributed by atoms with van der Waals surface area (Å²) in [6.07, 6.45) is 0. The largest absolute Gasteiger partial charge is 0.354 e. The highest BCUT2D eigenvalue weighted by atomic mass is 16.2. The van der Waals surface area contributed by atoms with Gasteiger partial charge in [-0.2, -0.15) is 0 Å². The summed E-state index contributed by atoms with van der Waals surface area (Å²) in [5.74, 6) is 0.0386. The third kappa shape index (κ3) is 4.07. The van der Waals surface area contributed by atoms with Crippen LogP contribution < -0.4 is 5.32 Å². The monoisotopic (exact) mass is 401 g/mol. The lowest BCUT2D eigenvalue weighted by Crippen LogP contribution is -2.49. The van der Waals surface area contributed by atoms with E-state index in [0.717, 1.165) is 17.0 Å². The van der Waals surface area contributed by atoms with E-state index in [0.29, 0.717) is 13.1 Å². The fourth-order valence-corrected chi connectivity index (χ4v) is 4.33. The highest BCUT2D eigenvalue weighted by molar-refractivity contribution is 5.99. The minimum Gasteiger partial charge on any atom is -0.354 e. The molecule has 2 aromatic carbocycles. The van der Waals surface area contributed by atoms with E-state index in [1.807, 2.05) is 54.3 Å². The van der Waals surface area contributed by atoms with Crippen LogP contribution in [0.2, 0.25) is 0 Å². The Balaban J connectivity index is 1.70. The van der Waals surface area contributed by atoms with Crippen LogP contribution in [0.15, 0.2) is 66.7 Å². The van der Waals surface area contributed by atoms with Crippen LogP contribution in [0.25, 0.3) is 0 Å². The first-order valence-corrected chi connectivity index (χ1v) is 10.3. The minimum absolute atomic E-state index is 0.00489. The number of ketones is 1. The van der Waals surface area contributed by atoms with Gasteiger partial charge < -0.3 is 9.88 Å². The molecule has 0 spiro atoms. The summed E-state index contributed by atoms with van der Waals surface area (Å²) >= 11 is 0. The van der Waals surface area contributed by atoms with E-state index < -0.39 is 0 Å². The average molecular weight is 402 g/mol. The van der Waals surface area contributed by atoms with Crippen LogP contribution in [0.5, 0.6) is 0 Å². The molecule has 1 amide bonds. The van der Waals surface area contributed by atoms with Crippen LogP contribution >= 0.6 is 0 Å². The highest BCUT2D eigenvalue weighted by Crippen LogP contribution is 2.31. The van der Waals surface area contributed by atoms with Crippen molar-refractivity contribution < 1.29 is 9.59 Å². The number of nitrogens with one attached hydrogen (secondary N) is 1. The van der Waals surface area contributed by atoms with Crippen LogP contribution in [-0.4, -0.2) is 47.3 Å². The number of rotatable bonds is 6. The van der Waals surface area contributed by atoms with Crippen LogP contribution in [0, 0.1) is 13.8 Å². The van der Waals surface area contributed by atoms with Crippen LogP contribution in [0.1, 0.15) is 38.9 Å². The molecule has 1 saturated heterocycles. The normalized spacial score (nSPS) is 14.7. The molecule has 1 fully saturated rings. The Morgan fingerprint density at radius 3 is 2.17 bits per heavy atom. The van der Waals surface area contributed by atoms with Gasteiger partial charge in [-0.25, -0.2) is 0 Å². The minimum atomic E-state index is -0.0206. The number of aryl methyl sites for hydroxylation is 1. The number of amides is 1. The Labute approximate surface area is 177 Å². The van der Waals surface area contributed by atoms with Crippen molar-refractivity contribution in [2.45, 2.75) is 19.9 Å². The fourth-order valence-electron chi connectivity index (χ4n) is 4.33. The predicted octanol–water partition coefficient (Wildman–Crippen LogP) is 3.36. The summed E-state index contributed by atoms with van der Waals surface area (Å²) in [7, 11) is 0. The summed E-state index contributed by atoms with van der Waals surface area (Å²) in [4.78, 5) is 26.7. The van der Waals surface area contributed by atoms with Gasteiger partial charge >= 0.3 is 0 Å². The Morgan fingerprint density at radius 1 is 1.00 bits per heavy atom. The Morgan fingerprint density at radius 2 is 1.60 bits per heavy atom. The second-order valence-electron chi connectivity index (χ2n) is 7.86. The van der Waals surface area contributed by atoms with Crippen molar-refractivity contribution in [1.29, 1.82) is 0 Å². The summed E-state index contributed by atoms with van der Waals surface area (Å²) in [6.45, 7) is 5.90. The number of aromatic nitrogens is 1. The van der Waals surface area contributed by atoms with Gasteiger partial charge in [0.05, 0.1) is 19.1 Å². The summed E-state index contributed by atoms with van der Waals surface area (Å²) in [5, 5.41) is 2.80. The first-order chi connectivity index (χ1) is 14.5. The standard InChI is InChI=1S/C25H27N3O2/c1-18-15-22(23(29)16-27-14-13-26-24(30)17-27)19(2)28(18)25(20-9-5-3-6-10-20)21-11-7-4-8-12-21/h3-12,15,25H,13-14,16-17H2,1-2H3,(H,26,30). The summed E-state index contributed by atoms with van der Waals surface area (Å²) < 4.78 is 2.25. The van der Waals surface area contributed by atoms with E-state index in [4.69, 9.17) is 0 Å². The molecular formula is C25H27N3O2. The molecule has 154 valence electrons. The molecule has 0 saturated carbocycles. The number of hydrogen-bond acceptors (Lipinski definition) is 3. The number of piperazine rings is 1. The van der Waals surface area contributed by atoms with Crippen LogP contribution in [-0.2, 0) is 4.79 Å². The number of carbonyl (C=O) groups is 2. The van der Waals surface area contributed by atoms with Crippen LogP contribution in [0.3, 0.4) is 0 Å². The first-order valence-electron chi connectivity index (χ1n) is 10.3. The lowest BCUT2D eigenvalue weighted by atomic mass is 9.98. The van der Waals surface area contributed by atoms with Gasteiger partial charge in [-0.15, -0.1) is 0 Å². The Hall–Kier alpha value is -3.18. The first kappa shape index (κ1) is 20.1. The molecule has 0 radical (unpaired) electrons. The molecule has 5 nitrogen and oxygen atoms in total. The molecule has 0 bridgehead atoms. The molecule has 1 aromatic heterocycles. The molecule has 0 atom stereocenters. The maximum atomic E-state index is 13.1. The number of Topliss-reactive ketones (excluding diaryl/α,β-unsaturated/α-hetero) is 1. The smallest absolute Gasteiger partial charge is 0.234 e. The van der Waals surface area contributed by atoms with E-state index in [9.17, 15) is 9.59 Å². The molecule has 1 aliphatic heterocycles. The van der Waals surface area contributed by atoms with E-state index in [2.05, 4.69) is 41.1 Å². The van der Waals surface area contributed by atoms with Crippen molar-refractivity contribution in [3.8, 4) is 0 Å². The Kier molecular flexibility index (Phi) is 5.81. The molecule has 2 heterocycles.